The second kappa shape index (κ2) is 1020. The molecule has 0 unspecified atom stereocenters. The predicted octanol–water partition coefficient (Wildman–Crippen LogP) is -0.293. The molecule has 0 bridgehead atoms. The van der Waals surface area contributed by atoms with Crippen LogP contribution < -0.4 is 0 Å². The van der Waals surface area contributed by atoms with Gasteiger partial charge in [-0.3, -0.25) is 4.57 Å². The van der Waals surface area contributed by atoms with Crippen molar-refractivity contribution < 1.29 is 9.03 Å². The lowest BCUT2D eigenvalue weighted by Gasteiger charge is -0.852. The van der Waals surface area contributed by atoms with E-state index < -0.39 is 0 Å². The molecular weight excluding hydrogens is 91.1 g/mol. The van der Waals surface area contributed by atoms with Gasteiger partial charge in [-0.1, -0.05) is 0 Å². The molecule has 0 aliphatic carbocycles. The van der Waals surface area contributed by atoms with Crippen LogP contribution in [0.3, 0.4) is 0 Å². The lowest BCUT2D eigenvalue weighted by Crippen LogP contribution is -0.969. The van der Waals surface area contributed by atoms with Gasteiger partial charge in [0.15, 0.2) is 0 Å². The molecule has 0 aromatic carbocycles. The van der Waals surface area contributed by atoms with E-state index in [2.05, 4.69) is 9.12 Å². The van der Waals surface area contributed by atoms with Crippen molar-refractivity contribution in [2.75, 3.05) is 0 Å². The monoisotopic (exact) mass is 93.0 g/mol. The fourth-order valence-electron chi connectivity index (χ4n) is 0. The van der Waals surface area contributed by atoms with Crippen molar-refractivity contribution in [2.24, 2.45) is 0 Å². The summed E-state index contributed by atoms with van der Waals surface area (Å²) in [4.78, 5) is 0. The molecule has 0 spiro atoms. The van der Waals surface area contributed by atoms with Crippen LogP contribution in [0.1, 0.15) is 0 Å². The lowest BCUT2D eigenvalue weighted by molar-refractivity contribution is 0.590. The van der Waals surface area contributed by atoms with Crippen LogP contribution in [-0.2, 0) is 9.03 Å². The Balaban J connectivity index is 0. The molecule has 1 radical (unpaired) electrons. The third kappa shape index (κ3) is 193. The van der Waals surface area contributed by atoms with E-state index in [0.29, 0.717) is 10.1 Å². The second-order valence-electron chi connectivity index (χ2n) is 0. The summed E-state index contributed by atoms with van der Waals surface area (Å²) in [6, 6.07) is 0. The van der Waals surface area contributed by atoms with Crippen molar-refractivity contribution in [1.82, 2.24) is 0 Å². The number of hydrogen-bond donors (Lipinski definition) is 0. The molecule has 0 N–H and O–H groups in total. The van der Waals surface area contributed by atoms with E-state index in [0.717, 1.165) is 0 Å². The minimum atomic E-state index is 0.611. The maximum absolute atomic E-state index is 8.28. The predicted molar refractivity (Wildman–Crippen MR) is 16.8 cm³/mol. The Kier molecular flexibility index (Phi) is 2280. The van der Waals surface area contributed by atoms with Gasteiger partial charge in [0.25, 0.3) is 9.12 Å². The highest BCUT2D eigenvalue weighted by Gasteiger charge is 0.754. The zero-order valence-corrected chi connectivity index (χ0v) is 4.28. The summed E-state index contributed by atoms with van der Waals surface area (Å²) >= 11 is 0. The molecule has 2 nitrogen and oxygen atoms in total. The third-order valence-corrected chi connectivity index (χ3v) is 0. The molecule has 0 aromatic heterocycles. The molecule has 0 atom stereocenters. The van der Waals surface area contributed by atoms with Crippen molar-refractivity contribution in [3.8, 4) is 0 Å². The summed E-state index contributed by atoms with van der Waals surface area (Å²) in [6.07, 6.45) is 0. The van der Waals surface area contributed by atoms with Gasteiger partial charge in [-0.25, -0.2) is 0 Å². The SMILES string of the molecule is O=[P].O=[SiH2]. The fourth-order valence-corrected chi connectivity index (χ4v) is 0. The summed E-state index contributed by atoms with van der Waals surface area (Å²) in [5.41, 5.74) is 0. The van der Waals surface area contributed by atoms with Crippen LogP contribution in [0.5, 0.6) is 0 Å². The Morgan fingerprint density at radius 2 is 1.25 bits per heavy atom. The number of rotatable bonds is 0. The standard InChI is InChI=1S/OP.H2OSi/c2*1-2/h;2H2. The molecule has 0 aliphatic heterocycles. The topological polar surface area (TPSA) is 34.1 Å². The molecule has 0 aliphatic rings. The van der Waals surface area contributed by atoms with Crippen LogP contribution in [0.15, 0.2) is 0 Å². The third-order valence-electron chi connectivity index (χ3n) is 0. The Bertz CT molecular complexity index is 8.00. The fraction of sp³-hybridized carbons (Fsp3) is 0. The highest BCUT2D eigenvalue weighted by molar-refractivity contribution is 7.00. The van der Waals surface area contributed by atoms with Gasteiger partial charge in [-0.05, 0) is 0 Å². The Labute approximate surface area is 29.3 Å². The first kappa shape index (κ1) is 8.93. The maximum Gasteiger partial charge on any atom is 0.261 e. The van der Waals surface area contributed by atoms with E-state index in [1.54, 1.807) is 0 Å². The molecule has 0 fully saturated rings. The van der Waals surface area contributed by atoms with Gasteiger partial charge in [-0.15, -0.1) is 0 Å². The molecule has 23 valence electrons. The zero-order valence-electron chi connectivity index (χ0n) is 1.97. The molecule has 0 heterocycles. The van der Waals surface area contributed by atoms with Gasteiger partial charge in [0, 0.05) is 0 Å². The smallest absolute Gasteiger partial charge is 0.261 e. The maximum atomic E-state index is 8.28. The zero-order chi connectivity index (χ0) is 4.00. The molecule has 0 saturated carbocycles. The van der Waals surface area contributed by atoms with E-state index in [-0.39, 0.29) is 0 Å². The van der Waals surface area contributed by atoms with Gasteiger partial charge in [0.05, 0.1) is 0 Å². The summed E-state index contributed by atoms with van der Waals surface area (Å²) in [7, 11) is 2.89. The highest BCUT2D eigenvalue weighted by atomic mass is 31.0. The second-order valence-corrected chi connectivity index (χ2v) is 0. The summed E-state index contributed by atoms with van der Waals surface area (Å²) in [6.45, 7) is 0. The van der Waals surface area contributed by atoms with Gasteiger partial charge in [0.1, 0.15) is 0 Å². The molecule has 0 aromatic rings. The summed E-state index contributed by atoms with van der Waals surface area (Å²) in [5, 5.41) is 0. The van der Waals surface area contributed by atoms with Crippen LogP contribution in [0, 0.1) is 0 Å². The Morgan fingerprint density at radius 1 is 1.25 bits per heavy atom. The van der Waals surface area contributed by atoms with Crippen LogP contribution in [0.4, 0.5) is 0 Å². The van der Waals surface area contributed by atoms with E-state index in [9.17, 15) is 0 Å². The first-order valence-electron chi connectivity index (χ1n) is 0.471. The summed E-state index contributed by atoms with van der Waals surface area (Å²) < 4.78 is 16.2. The van der Waals surface area contributed by atoms with E-state index in [1.807, 2.05) is 0 Å². The van der Waals surface area contributed by atoms with Crippen molar-refractivity contribution in [2.45, 2.75) is 0 Å². The first-order chi connectivity index (χ1) is 2.00. The molecule has 4 heteroatoms. The number of hydrogen-bond acceptors (Lipinski definition) is 2. The minimum absolute atomic E-state index is 0.611. The molecular formula is H2O2PSi. The molecule has 0 saturated heterocycles. The minimum Gasteiger partial charge on any atom is -0.396 e. The van der Waals surface area contributed by atoms with Crippen molar-refractivity contribution in [3.05, 3.63) is 0 Å². The normalized spacial score (nSPS) is 2.00. The van der Waals surface area contributed by atoms with E-state index in [4.69, 9.17) is 9.03 Å². The van der Waals surface area contributed by atoms with Gasteiger partial charge < -0.3 is 4.46 Å². The first-order valence-corrected chi connectivity index (χ1v) is 1.41. The van der Waals surface area contributed by atoms with Gasteiger partial charge in [0.2, 0.25) is 10.1 Å². The van der Waals surface area contributed by atoms with Crippen molar-refractivity contribution >= 4 is 19.2 Å². The average Bonchev–Trinajstić information content (AvgIpc) is 1.50. The average molecular weight is 93.1 g/mol. The Morgan fingerprint density at radius 3 is 1.25 bits per heavy atom. The van der Waals surface area contributed by atoms with E-state index >= 15 is 0 Å². The van der Waals surface area contributed by atoms with Crippen LogP contribution in [0.2, 0.25) is 0 Å². The molecule has 4 heavy (non-hydrogen) atoms. The quantitative estimate of drug-likeness (QED) is 0.304. The van der Waals surface area contributed by atoms with Crippen molar-refractivity contribution in [1.29, 1.82) is 0 Å². The van der Waals surface area contributed by atoms with Crippen molar-refractivity contribution in [3.63, 3.8) is 0 Å². The van der Waals surface area contributed by atoms with E-state index in [1.165, 1.54) is 0 Å². The summed E-state index contributed by atoms with van der Waals surface area (Å²) in [5.74, 6) is 0. The largest absolute Gasteiger partial charge is 0.396 e. The lowest BCUT2D eigenvalue weighted by atomic mass is 16.0. The van der Waals surface area contributed by atoms with Crippen LogP contribution >= 0.6 is 9.12 Å². The van der Waals surface area contributed by atoms with Gasteiger partial charge >= 0.3 is 0 Å². The van der Waals surface area contributed by atoms with Gasteiger partial charge in [-0.2, -0.15) is 0 Å². The van der Waals surface area contributed by atoms with Crippen LogP contribution in [-0.4, -0.2) is 10.1 Å². The molecule has 0 rings (SSSR count). The molecule has 0 amide bonds. The Hall–Kier alpha value is 0.117. The van der Waals surface area contributed by atoms with Crippen LogP contribution in [0.25, 0.3) is 0 Å². The highest BCUT2D eigenvalue weighted by Crippen LogP contribution is 1.23.